The van der Waals surface area contributed by atoms with E-state index >= 15 is 0 Å². The monoisotopic (exact) mass is 421 g/mol. The topological polar surface area (TPSA) is 61.9 Å². The molecule has 1 N–H and O–H groups in total. The molecule has 2 aromatic carbocycles. The van der Waals surface area contributed by atoms with Crippen LogP contribution in [-0.2, 0) is 11.0 Å². The lowest BCUT2D eigenvalue weighted by Crippen LogP contribution is -2.33. The number of amides is 3. The van der Waals surface area contributed by atoms with Gasteiger partial charge in [0.1, 0.15) is 0 Å². The molecule has 0 aromatic heterocycles. The molecule has 30 heavy (non-hydrogen) atoms. The van der Waals surface area contributed by atoms with Gasteiger partial charge in [-0.1, -0.05) is 18.2 Å². The standard InChI is InChI=1S/C21H22F3N3O3/c1-26(30-2)19(28)14-7-9-16(10-8-14)25-20(29)27-12-11-15(13-27)17-5-3-4-6-18(17)21(22,23)24/h3-10,15H,11-13H2,1-2H3,(H,25,29). The highest BCUT2D eigenvalue weighted by molar-refractivity contribution is 5.95. The van der Waals surface area contributed by atoms with E-state index < -0.39 is 17.8 Å². The van der Waals surface area contributed by atoms with Gasteiger partial charge in [0.15, 0.2) is 0 Å². The fourth-order valence-corrected chi connectivity index (χ4v) is 3.47. The highest BCUT2D eigenvalue weighted by Crippen LogP contribution is 2.38. The average Bonchev–Trinajstić information content (AvgIpc) is 3.23. The second-order valence-corrected chi connectivity index (χ2v) is 7.01. The molecule has 1 heterocycles. The molecule has 9 heteroatoms. The van der Waals surface area contributed by atoms with Gasteiger partial charge in [0.2, 0.25) is 0 Å². The summed E-state index contributed by atoms with van der Waals surface area (Å²) in [7, 11) is 2.86. The molecule has 1 fully saturated rings. The lowest BCUT2D eigenvalue weighted by molar-refractivity contribution is -0.138. The van der Waals surface area contributed by atoms with Gasteiger partial charge < -0.3 is 10.2 Å². The summed E-state index contributed by atoms with van der Waals surface area (Å²) < 4.78 is 39.8. The Morgan fingerprint density at radius 2 is 1.80 bits per heavy atom. The molecule has 160 valence electrons. The number of urea groups is 1. The van der Waals surface area contributed by atoms with Gasteiger partial charge in [-0.05, 0) is 42.3 Å². The van der Waals surface area contributed by atoms with Crippen molar-refractivity contribution in [3.63, 3.8) is 0 Å². The minimum atomic E-state index is -4.43. The van der Waals surface area contributed by atoms with Crippen LogP contribution in [0.3, 0.4) is 0 Å². The van der Waals surface area contributed by atoms with Crippen molar-refractivity contribution in [3.8, 4) is 0 Å². The number of likely N-dealkylation sites (tertiary alicyclic amines) is 1. The zero-order chi connectivity index (χ0) is 21.9. The second-order valence-electron chi connectivity index (χ2n) is 7.01. The van der Waals surface area contributed by atoms with Crippen molar-refractivity contribution in [2.24, 2.45) is 0 Å². The maximum Gasteiger partial charge on any atom is 0.416 e. The van der Waals surface area contributed by atoms with Crippen molar-refractivity contribution >= 4 is 17.6 Å². The maximum atomic E-state index is 13.3. The van der Waals surface area contributed by atoms with Crippen molar-refractivity contribution in [2.75, 3.05) is 32.6 Å². The van der Waals surface area contributed by atoms with Gasteiger partial charge in [-0.2, -0.15) is 13.2 Å². The number of halogens is 3. The van der Waals surface area contributed by atoms with Gasteiger partial charge in [0.25, 0.3) is 5.91 Å². The summed E-state index contributed by atoms with van der Waals surface area (Å²) >= 11 is 0. The first kappa shape index (κ1) is 21.6. The highest BCUT2D eigenvalue weighted by atomic mass is 19.4. The Morgan fingerprint density at radius 3 is 2.43 bits per heavy atom. The summed E-state index contributed by atoms with van der Waals surface area (Å²) in [6.07, 6.45) is -3.97. The number of anilines is 1. The van der Waals surface area contributed by atoms with E-state index in [0.29, 0.717) is 24.2 Å². The quantitative estimate of drug-likeness (QED) is 0.747. The van der Waals surface area contributed by atoms with E-state index in [9.17, 15) is 22.8 Å². The number of alkyl halides is 3. The molecule has 0 radical (unpaired) electrons. The Bertz CT molecular complexity index is 916. The summed E-state index contributed by atoms with van der Waals surface area (Å²) in [6, 6.07) is 11.4. The van der Waals surface area contributed by atoms with Crippen molar-refractivity contribution in [2.45, 2.75) is 18.5 Å². The Balaban J connectivity index is 1.64. The molecule has 3 rings (SSSR count). The van der Waals surface area contributed by atoms with Crippen LogP contribution in [0.4, 0.5) is 23.7 Å². The fraction of sp³-hybridized carbons (Fsp3) is 0.333. The van der Waals surface area contributed by atoms with E-state index in [2.05, 4.69) is 5.32 Å². The Morgan fingerprint density at radius 1 is 1.13 bits per heavy atom. The van der Waals surface area contributed by atoms with Crippen LogP contribution in [0.25, 0.3) is 0 Å². The van der Waals surface area contributed by atoms with Crippen LogP contribution in [0.2, 0.25) is 0 Å². The summed E-state index contributed by atoms with van der Waals surface area (Å²) in [5, 5.41) is 3.80. The predicted octanol–water partition coefficient (Wildman–Crippen LogP) is 4.36. The van der Waals surface area contributed by atoms with Crippen LogP contribution in [-0.4, -0.2) is 49.1 Å². The number of rotatable bonds is 4. The molecule has 0 saturated carbocycles. The number of carbonyl (C=O) groups is 2. The van der Waals surface area contributed by atoms with Crippen LogP contribution in [0.15, 0.2) is 48.5 Å². The molecular weight excluding hydrogens is 399 g/mol. The number of nitrogens with one attached hydrogen (secondary N) is 1. The van der Waals surface area contributed by atoms with Crippen LogP contribution >= 0.6 is 0 Å². The Hall–Kier alpha value is -3.07. The highest BCUT2D eigenvalue weighted by Gasteiger charge is 2.37. The molecule has 1 atom stereocenters. The van der Waals surface area contributed by atoms with Gasteiger partial charge >= 0.3 is 12.2 Å². The molecule has 3 amide bonds. The van der Waals surface area contributed by atoms with Gasteiger partial charge in [0, 0.05) is 37.3 Å². The predicted molar refractivity (Wildman–Crippen MR) is 105 cm³/mol. The molecule has 1 aliphatic heterocycles. The third-order valence-electron chi connectivity index (χ3n) is 5.12. The number of hydrogen-bond donors (Lipinski definition) is 1. The van der Waals surface area contributed by atoms with Crippen LogP contribution in [0.1, 0.15) is 33.8 Å². The smallest absolute Gasteiger partial charge is 0.324 e. The first-order valence-electron chi connectivity index (χ1n) is 9.35. The number of carbonyl (C=O) groups excluding carboxylic acids is 2. The lowest BCUT2D eigenvalue weighted by Gasteiger charge is -2.20. The molecule has 1 aliphatic rings. The average molecular weight is 421 g/mol. The van der Waals surface area contributed by atoms with Crippen LogP contribution in [0, 0.1) is 0 Å². The SMILES string of the molecule is CON(C)C(=O)c1ccc(NC(=O)N2CCC(c3ccccc3C(F)(F)F)C2)cc1. The molecule has 0 bridgehead atoms. The molecule has 1 saturated heterocycles. The number of benzene rings is 2. The van der Waals surface area contributed by atoms with E-state index in [1.54, 1.807) is 30.3 Å². The van der Waals surface area contributed by atoms with E-state index in [1.807, 2.05) is 0 Å². The summed E-state index contributed by atoms with van der Waals surface area (Å²) in [5.41, 5.74) is 0.432. The van der Waals surface area contributed by atoms with Crippen molar-refractivity contribution in [1.29, 1.82) is 0 Å². The minimum absolute atomic E-state index is 0.203. The number of nitrogens with zero attached hydrogens (tertiary/aromatic N) is 2. The summed E-state index contributed by atoms with van der Waals surface area (Å²) in [4.78, 5) is 30.9. The number of hydrogen-bond acceptors (Lipinski definition) is 3. The molecule has 6 nitrogen and oxygen atoms in total. The molecular formula is C21H22F3N3O3. The van der Waals surface area contributed by atoms with Gasteiger partial charge in [-0.25, -0.2) is 9.86 Å². The maximum absolute atomic E-state index is 13.3. The molecule has 2 aromatic rings. The van der Waals surface area contributed by atoms with E-state index in [1.165, 1.54) is 31.2 Å². The minimum Gasteiger partial charge on any atom is -0.324 e. The molecule has 0 aliphatic carbocycles. The van der Waals surface area contributed by atoms with Gasteiger partial charge in [0.05, 0.1) is 12.7 Å². The summed E-state index contributed by atoms with van der Waals surface area (Å²) in [6.45, 7) is 0.562. The van der Waals surface area contributed by atoms with Crippen molar-refractivity contribution in [1.82, 2.24) is 9.96 Å². The van der Waals surface area contributed by atoms with Gasteiger partial charge in [-0.15, -0.1) is 0 Å². The third kappa shape index (κ3) is 4.73. The largest absolute Gasteiger partial charge is 0.416 e. The number of hydroxylamine groups is 2. The zero-order valence-corrected chi connectivity index (χ0v) is 16.6. The van der Waals surface area contributed by atoms with E-state index in [4.69, 9.17) is 4.84 Å². The molecule has 0 spiro atoms. The second kappa shape index (κ2) is 8.74. The van der Waals surface area contributed by atoms with Gasteiger partial charge in [-0.3, -0.25) is 9.63 Å². The third-order valence-corrected chi connectivity index (χ3v) is 5.12. The van der Waals surface area contributed by atoms with E-state index in [0.717, 1.165) is 11.1 Å². The lowest BCUT2D eigenvalue weighted by atomic mass is 9.93. The first-order valence-corrected chi connectivity index (χ1v) is 9.35. The van der Waals surface area contributed by atoms with Crippen molar-refractivity contribution in [3.05, 3.63) is 65.2 Å². The normalized spacial score (nSPS) is 16.4. The fourth-order valence-electron chi connectivity index (χ4n) is 3.47. The van der Waals surface area contributed by atoms with Crippen LogP contribution < -0.4 is 5.32 Å². The molecule has 1 unspecified atom stereocenters. The van der Waals surface area contributed by atoms with Crippen molar-refractivity contribution < 1.29 is 27.6 Å². The van der Waals surface area contributed by atoms with E-state index in [-0.39, 0.29) is 23.9 Å². The Labute approximate surface area is 172 Å². The Kier molecular flexibility index (Phi) is 6.31. The first-order chi connectivity index (χ1) is 14.2. The summed E-state index contributed by atoms with van der Waals surface area (Å²) in [5.74, 6) is -0.709. The van der Waals surface area contributed by atoms with Crippen LogP contribution in [0.5, 0.6) is 0 Å². The zero-order valence-electron chi connectivity index (χ0n) is 16.6.